The van der Waals surface area contributed by atoms with Crippen molar-refractivity contribution in [2.45, 2.75) is 29.3 Å². The van der Waals surface area contributed by atoms with E-state index in [1.54, 1.807) is 0 Å². The van der Waals surface area contributed by atoms with E-state index in [4.69, 9.17) is 9.97 Å². The van der Waals surface area contributed by atoms with Gasteiger partial charge in [-0.2, -0.15) is 0 Å². The Morgan fingerprint density at radius 1 is 0.684 bits per heavy atom. The van der Waals surface area contributed by atoms with Crippen LogP contribution in [0.2, 0.25) is 0 Å². The molecule has 0 atom stereocenters. The Hall–Kier alpha value is -1.00. The number of aromatic nitrogens is 2. The average Bonchev–Trinajstić information content (AvgIpc) is 2.47. The summed E-state index contributed by atoms with van der Waals surface area (Å²) in [6.07, 6.45) is 3.82. The highest BCUT2D eigenvalue weighted by Gasteiger charge is 2.06. The number of hydrogen-bond acceptors (Lipinski definition) is 4. The van der Waals surface area contributed by atoms with Crippen molar-refractivity contribution < 1.29 is 0 Å². The molecule has 4 heteroatoms. The largest absolute Gasteiger partial charge is 0.240 e. The van der Waals surface area contributed by atoms with Gasteiger partial charge in [-0.3, -0.25) is 0 Å². The minimum Gasteiger partial charge on any atom is -0.240 e. The SMILES string of the molecule is c1cc2nc(c1)-c1cccc(n1)SCCCCCS2. The van der Waals surface area contributed by atoms with E-state index in [2.05, 4.69) is 24.3 Å². The summed E-state index contributed by atoms with van der Waals surface area (Å²) < 4.78 is 0. The summed E-state index contributed by atoms with van der Waals surface area (Å²) >= 11 is 3.70. The Bertz CT molecular complexity index is 508. The summed E-state index contributed by atoms with van der Waals surface area (Å²) in [4.78, 5) is 9.40. The molecule has 4 bridgehead atoms. The van der Waals surface area contributed by atoms with E-state index >= 15 is 0 Å². The maximum absolute atomic E-state index is 4.70. The lowest BCUT2D eigenvalue weighted by atomic mass is 10.2. The monoisotopic (exact) mass is 288 g/mol. The van der Waals surface area contributed by atoms with Gasteiger partial charge in [0.1, 0.15) is 0 Å². The summed E-state index contributed by atoms with van der Waals surface area (Å²) in [6, 6.07) is 12.4. The third kappa shape index (κ3) is 3.51. The molecule has 2 aromatic heterocycles. The fourth-order valence-corrected chi connectivity index (χ4v) is 3.80. The van der Waals surface area contributed by atoms with Crippen LogP contribution in [0.3, 0.4) is 0 Å². The molecule has 0 fully saturated rings. The highest BCUT2D eigenvalue weighted by molar-refractivity contribution is 7.99. The zero-order valence-corrected chi connectivity index (χ0v) is 12.3. The highest BCUT2D eigenvalue weighted by atomic mass is 32.2. The summed E-state index contributed by atoms with van der Waals surface area (Å²) in [6.45, 7) is 0. The van der Waals surface area contributed by atoms with Crippen molar-refractivity contribution in [1.82, 2.24) is 9.97 Å². The molecule has 0 saturated heterocycles. The van der Waals surface area contributed by atoms with Crippen molar-refractivity contribution in [2.75, 3.05) is 11.5 Å². The van der Waals surface area contributed by atoms with Crippen molar-refractivity contribution in [3.63, 3.8) is 0 Å². The molecule has 0 N–H and O–H groups in total. The van der Waals surface area contributed by atoms with Crippen LogP contribution >= 0.6 is 23.5 Å². The second-order valence-corrected chi connectivity index (χ2v) is 6.71. The second-order valence-electron chi connectivity index (χ2n) is 4.48. The standard InChI is InChI=1S/C15H16N2S2/c1-2-10-18-14-8-4-6-12(16-14)13-7-5-9-15(17-13)19-11-3-1/h4-9H,1-3,10-11H2. The maximum atomic E-state index is 4.70. The summed E-state index contributed by atoms with van der Waals surface area (Å²) in [7, 11) is 0. The van der Waals surface area contributed by atoms with Crippen LogP contribution in [0.4, 0.5) is 0 Å². The van der Waals surface area contributed by atoms with Gasteiger partial charge in [0.25, 0.3) is 0 Å². The highest BCUT2D eigenvalue weighted by Crippen LogP contribution is 2.25. The molecule has 2 nitrogen and oxygen atoms in total. The van der Waals surface area contributed by atoms with Gasteiger partial charge in [-0.1, -0.05) is 18.6 Å². The van der Waals surface area contributed by atoms with Gasteiger partial charge >= 0.3 is 0 Å². The van der Waals surface area contributed by atoms with E-state index in [1.807, 2.05) is 35.7 Å². The van der Waals surface area contributed by atoms with Crippen LogP contribution in [0.5, 0.6) is 0 Å². The van der Waals surface area contributed by atoms with Gasteiger partial charge in [0.05, 0.1) is 21.4 Å². The maximum Gasteiger partial charge on any atom is 0.0968 e. The van der Waals surface area contributed by atoms with Gasteiger partial charge in [0, 0.05) is 0 Å². The van der Waals surface area contributed by atoms with Crippen LogP contribution < -0.4 is 0 Å². The molecule has 1 aliphatic rings. The molecule has 2 aromatic rings. The third-order valence-corrected chi connectivity index (χ3v) is 5.03. The van der Waals surface area contributed by atoms with Crippen LogP contribution in [0.25, 0.3) is 11.4 Å². The average molecular weight is 288 g/mol. The lowest BCUT2D eigenvalue weighted by Crippen LogP contribution is -1.90. The summed E-state index contributed by atoms with van der Waals surface area (Å²) in [5.74, 6) is 2.32. The minimum absolute atomic E-state index is 0.978. The first-order chi connectivity index (χ1) is 9.42. The van der Waals surface area contributed by atoms with Gasteiger partial charge in [-0.05, 0) is 48.6 Å². The molecular formula is C15H16N2S2. The molecule has 0 saturated carbocycles. The molecule has 3 rings (SSSR count). The molecule has 0 amide bonds. The lowest BCUT2D eigenvalue weighted by molar-refractivity contribution is 0.785. The van der Waals surface area contributed by atoms with Gasteiger partial charge < -0.3 is 0 Å². The first-order valence-corrected chi connectivity index (χ1v) is 8.59. The topological polar surface area (TPSA) is 25.8 Å². The van der Waals surface area contributed by atoms with Crippen LogP contribution in [0.15, 0.2) is 46.5 Å². The number of rotatable bonds is 0. The lowest BCUT2D eigenvalue weighted by Gasteiger charge is -2.04. The Labute approximate surface area is 122 Å². The van der Waals surface area contributed by atoms with Crippen LogP contribution in [0, 0.1) is 0 Å². The number of fused-ring (bicyclic) bond motifs is 5. The first kappa shape index (κ1) is 13.0. The van der Waals surface area contributed by atoms with E-state index < -0.39 is 0 Å². The van der Waals surface area contributed by atoms with E-state index in [9.17, 15) is 0 Å². The Kier molecular flexibility index (Phi) is 4.41. The second kappa shape index (κ2) is 6.44. The van der Waals surface area contributed by atoms with Crippen molar-refractivity contribution in [1.29, 1.82) is 0 Å². The molecule has 0 aromatic carbocycles. The zero-order valence-electron chi connectivity index (χ0n) is 10.7. The molecule has 0 radical (unpaired) electrons. The number of pyridine rings is 2. The van der Waals surface area contributed by atoms with Gasteiger partial charge in [-0.15, -0.1) is 23.5 Å². The molecule has 3 heterocycles. The first-order valence-electron chi connectivity index (χ1n) is 6.62. The summed E-state index contributed by atoms with van der Waals surface area (Å²) in [5, 5.41) is 2.22. The number of thioether (sulfide) groups is 2. The molecule has 1 aliphatic heterocycles. The molecule has 0 aliphatic carbocycles. The smallest absolute Gasteiger partial charge is 0.0968 e. The van der Waals surface area contributed by atoms with E-state index in [0.717, 1.165) is 32.9 Å². The van der Waals surface area contributed by atoms with Crippen molar-refractivity contribution in [3.05, 3.63) is 36.4 Å². The number of hydrogen-bond donors (Lipinski definition) is 0. The number of nitrogens with zero attached hydrogens (tertiary/aromatic N) is 2. The fourth-order valence-electron chi connectivity index (χ4n) is 2.01. The molecule has 19 heavy (non-hydrogen) atoms. The fraction of sp³-hybridized carbons (Fsp3) is 0.333. The quantitative estimate of drug-likeness (QED) is 0.712. The van der Waals surface area contributed by atoms with E-state index in [-0.39, 0.29) is 0 Å². The normalized spacial score (nSPS) is 16.0. The molecule has 0 spiro atoms. The van der Waals surface area contributed by atoms with Gasteiger partial charge in [-0.25, -0.2) is 9.97 Å². The van der Waals surface area contributed by atoms with Gasteiger partial charge in [0.15, 0.2) is 0 Å². The van der Waals surface area contributed by atoms with Crippen LogP contribution in [-0.4, -0.2) is 21.5 Å². The minimum atomic E-state index is 0.978. The predicted molar refractivity (Wildman–Crippen MR) is 82.8 cm³/mol. The zero-order chi connectivity index (χ0) is 12.9. The van der Waals surface area contributed by atoms with Gasteiger partial charge in [0.2, 0.25) is 0 Å². The van der Waals surface area contributed by atoms with Crippen molar-refractivity contribution in [2.24, 2.45) is 0 Å². The van der Waals surface area contributed by atoms with E-state index in [0.29, 0.717) is 0 Å². The molecule has 98 valence electrons. The van der Waals surface area contributed by atoms with Crippen molar-refractivity contribution in [3.8, 4) is 11.4 Å². The Balaban J connectivity index is 1.96. The third-order valence-electron chi connectivity index (χ3n) is 3.00. The Morgan fingerprint density at radius 3 is 1.74 bits per heavy atom. The van der Waals surface area contributed by atoms with Crippen molar-refractivity contribution >= 4 is 23.5 Å². The van der Waals surface area contributed by atoms with E-state index in [1.165, 1.54) is 19.3 Å². The summed E-state index contributed by atoms with van der Waals surface area (Å²) in [5.41, 5.74) is 1.96. The molecule has 0 unspecified atom stereocenters. The predicted octanol–water partition coefficient (Wildman–Crippen LogP) is 4.51. The molecular weight excluding hydrogens is 272 g/mol. The Morgan fingerprint density at radius 2 is 1.21 bits per heavy atom. The van der Waals surface area contributed by atoms with Crippen LogP contribution in [-0.2, 0) is 0 Å². The van der Waals surface area contributed by atoms with Crippen LogP contribution in [0.1, 0.15) is 19.3 Å².